The molecule has 2 nitrogen and oxygen atoms in total. The molecule has 4 heteroatoms. The van der Waals surface area contributed by atoms with Gasteiger partial charge in [0.05, 0.1) is 0 Å². The second kappa shape index (κ2) is 6.78. The van der Waals surface area contributed by atoms with Gasteiger partial charge in [-0.2, -0.15) is 11.8 Å². The number of carbonyl (C=O) groups is 1. The second-order valence-electron chi connectivity index (χ2n) is 4.54. The predicted octanol–water partition coefficient (Wildman–Crippen LogP) is 3.23. The zero-order chi connectivity index (χ0) is 12.8. The van der Waals surface area contributed by atoms with Crippen LogP contribution in [0.2, 0.25) is 0 Å². The van der Waals surface area contributed by atoms with Gasteiger partial charge in [0.1, 0.15) is 5.82 Å². The summed E-state index contributed by atoms with van der Waals surface area (Å²) in [7, 11) is 0. The van der Waals surface area contributed by atoms with Crippen LogP contribution in [0, 0.1) is 5.82 Å². The molecule has 0 bridgehead atoms. The number of rotatable bonds is 5. The molecule has 2 rings (SSSR count). The number of thioether (sulfide) groups is 1. The van der Waals surface area contributed by atoms with Crippen LogP contribution in [0.3, 0.4) is 0 Å². The fourth-order valence-corrected chi connectivity index (χ4v) is 3.40. The molecule has 1 aliphatic carbocycles. The summed E-state index contributed by atoms with van der Waals surface area (Å²) < 4.78 is 12.9. The minimum atomic E-state index is -0.372. The van der Waals surface area contributed by atoms with Crippen LogP contribution in [0.15, 0.2) is 24.3 Å². The maximum absolute atomic E-state index is 12.9. The van der Waals surface area contributed by atoms with E-state index >= 15 is 0 Å². The lowest BCUT2D eigenvalue weighted by Gasteiger charge is -2.09. The minimum absolute atomic E-state index is 0.193. The number of carbonyl (C=O) groups excluding carboxylic acids is 1. The Labute approximate surface area is 111 Å². The Kier molecular flexibility index (Phi) is 5.05. The van der Waals surface area contributed by atoms with Crippen LogP contribution in [-0.4, -0.2) is 23.5 Å². The maximum Gasteiger partial charge on any atom is 0.251 e. The first-order valence-electron chi connectivity index (χ1n) is 6.41. The van der Waals surface area contributed by atoms with Crippen molar-refractivity contribution in [2.24, 2.45) is 0 Å². The standard InChI is InChI=1S/C14H18FNOS/c15-12-5-3-4-11(10-12)14(17)16-8-9-18-13-6-1-2-7-13/h3-5,10,13H,1-2,6-9H2,(H,16,17). The van der Waals surface area contributed by atoms with Crippen molar-refractivity contribution in [1.29, 1.82) is 0 Å². The Hall–Kier alpha value is -1.03. The van der Waals surface area contributed by atoms with Crippen LogP contribution in [0.5, 0.6) is 0 Å². The molecule has 1 saturated carbocycles. The van der Waals surface area contributed by atoms with E-state index in [1.54, 1.807) is 12.1 Å². The molecule has 0 aromatic heterocycles. The Morgan fingerprint density at radius 1 is 1.39 bits per heavy atom. The highest BCUT2D eigenvalue weighted by Gasteiger charge is 2.14. The summed E-state index contributed by atoms with van der Waals surface area (Å²) in [5, 5.41) is 3.60. The van der Waals surface area contributed by atoms with Crippen LogP contribution in [0.4, 0.5) is 4.39 Å². The average molecular weight is 267 g/mol. The van der Waals surface area contributed by atoms with E-state index in [-0.39, 0.29) is 11.7 Å². The van der Waals surface area contributed by atoms with Crippen molar-refractivity contribution < 1.29 is 9.18 Å². The molecule has 1 aliphatic rings. The summed E-state index contributed by atoms with van der Waals surface area (Å²) in [5.41, 5.74) is 0.390. The molecule has 1 N–H and O–H groups in total. The van der Waals surface area contributed by atoms with Crippen LogP contribution >= 0.6 is 11.8 Å². The Morgan fingerprint density at radius 3 is 2.89 bits per heavy atom. The molecular formula is C14H18FNOS. The molecular weight excluding hydrogens is 249 g/mol. The van der Waals surface area contributed by atoms with Crippen LogP contribution in [0.25, 0.3) is 0 Å². The molecule has 98 valence electrons. The summed E-state index contributed by atoms with van der Waals surface area (Å²) in [6.45, 7) is 0.649. The zero-order valence-corrected chi connectivity index (χ0v) is 11.1. The van der Waals surface area contributed by atoms with E-state index in [9.17, 15) is 9.18 Å². The van der Waals surface area contributed by atoms with E-state index in [0.29, 0.717) is 12.1 Å². The van der Waals surface area contributed by atoms with Gasteiger partial charge in [-0.3, -0.25) is 4.79 Å². The van der Waals surface area contributed by atoms with Crippen molar-refractivity contribution in [3.05, 3.63) is 35.6 Å². The van der Waals surface area contributed by atoms with Crippen molar-refractivity contribution in [3.8, 4) is 0 Å². The number of amides is 1. The van der Waals surface area contributed by atoms with Gasteiger partial charge in [0, 0.05) is 23.1 Å². The van der Waals surface area contributed by atoms with Gasteiger partial charge in [-0.25, -0.2) is 4.39 Å². The van der Waals surface area contributed by atoms with Gasteiger partial charge < -0.3 is 5.32 Å². The Balaban J connectivity index is 1.68. The number of hydrogen-bond donors (Lipinski definition) is 1. The molecule has 0 heterocycles. The highest BCUT2D eigenvalue weighted by Crippen LogP contribution is 2.28. The fraction of sp³-hybridized carbons (Fsp3) is 0.500. The Morgan fingerprint density at radius 2 is 2.17 bits per heavy atom. The first kappa shape index (κ1) is 13.4. The first-order valence-corrected chi connectivity index (χ1v) is 7.46. The number of hydrogen-bond acceptors (Lipinski definition) is 2. The molecule has 0 unspecified atom stereocenters. The lowest BCUT2D eigenvalue weighted by Crippen LogP contribution is -2.26. The summed E-state index contributed by atoms with van der Waals surface area (Å²) in [5.74, 6) is 0.371. The molecule has 0 spiro atoms. The molecule has 0 aliphatic heterocycles. The molecule has 1 aromatic rings. The van der Waals surface area contributed by atoms with Gasteiger partial charge in [-0.15, -0.1) is 0 Å². The van der Waals surface area contributed by atoms with E-state index in [2.05, 4.69) is 5.32 Å². The number of halogens is 1. The van der Waals surface area contributed by atoms with Gasteiger partial charge in [-0.1, -0.05) is 18.9 Å². The largest absolute Gasteiger partial charge is 0.351 e. The summed E-state index contributed by atoms with van der Waals surface area (Å²) in [6.07, 6.45) is 5.30. The predicted molar refractivity (Wildman–Crippen MR) is 73.4 cm³/mol. The van der Waals surface area contributed by atoms with Gasteiger partial charge in [0.25, 0.3) is 5.91 Å². The quantitative estimate of drug-likeness (QED) is 0.830. The molecule has 1 fully saturated rings. The smallest absolute Gasteiger partial charge is 0.251 e. The van der Waals surface area contributed by atoms with Crippen molar-refractivity contribution in [1.82, 2.24) is 5.32 Å². The third-order valence-electron chi connectivity index (χ3n) is 3.13. The number of nitrogens with one attached hydrogen (secondary N) is 1. The van der Waals surface area contributed by atoms with Crippen molar-refractivity contribution >= 4 is 17.7 Å². The second-order valence-corrected chi connectivity index (χ2v) is 5.95. The van der Waals surface area contributed by atoms with Crippen molar-refractivity contribution in [3.63, 3.8) is 0 Å². The lowest BCUT2D eigenvalue weighted by atomic mass is 10.2. The highest BCUT2D eigenvalue weighted by molar-refractivity contribution is 7.99. The lowest BCUT2D eigenvalue weighted by molar-refractivity contribution is 0.0955. The summed E-state index contributed by atoms with van der Waals surface area (Å²) >= 11 is 1.94. The van der Waals surface area contributed by atoms with Gasteiger partial charge in [0.15, 0.2) is 0 Å². The topological polar surface area (TPSA) is 29.1 Å². The van der Waals surface area contributed by atoms with Crippen LogP contribution < -0.4 is 5.32 Å². The van der Waals surface area contributed by atoms with E-state index in [4.69, 9.17) is 0 Å². The van der Waals surface area contributed by atoms with E-state index < -0.39 is 0 Å². The van der Waals surface area contributed by atoms with Crippen molar-refractivity contribution in [2.45, 2.75) is 30.9 Å². The average Bonchev–Trinajstić information content (AvgIpc) is 2.87. The van der Waals surface area contributed by atoms with E-state index in [0.717, 1.165) is 11.0 Å². The van der Waals surface area contributed by atoms with Crippen molar-refractivity contribution in [2.75, 3.05) is 12.3 Å². The third kappa shape index (κ3) is 4.02. The van der Waals surface area contributed by atoms with Gasteiger partial charge >= 0.3 is 0 Å². The summed E-state index contributed by atoms with van der Waals surface area (Å²) in [6, 6.07) is 5.78. The normalized spacial score (nSPS) is 15.8. The number of benzene rings is 1. The maximum atomic E-state index is 12.9. The molecule has 1 amide bonds. The van der Waals surface area contributed by atoms with E-state index in [1.807, 2.05) is 11.8 Å². The Bertz CT molecular complexity index is 405. The fourth-order valence-electron chi connectivity index (χ4n) is 2.18. The minimum Gasteiger partial charge on any atom is -0.351 e. The molecule has 18 heavy (non-hydrogen) atoms. The molecule has 0 saturated heterocycles. The summed E-state index contributed by atoms with van der Waals surface area (Å²) in [4.78, 5) is 11.7. The third-order valence-corrected chi connectivity index (χ3v) is 4.51. The monoisotopic (exact) mass is 267 g/mol. The molecule has 0 atom stereocenters. The van der Waals surface area contributed by atoms with Gasteiger partial charge in [-0.05, 0) is 31.0 Å². The van der Waals surface area contributed by atoms with Crippen LogP contribution in [-0.2, 0) is 0 Å². The first-order chi connectivity index (χ1) is 8.75. The highest BCUT2D eigenvalue weighted by atomic mass is 32.2. The molecule has 0 radical (unpaired) electrons. The zero-order valence-electron chi connectivity index (χ0n) is 10.3. The van der Waals surface area contributed by atoms with Gasteiger partial charge in [0.2, 0.25) is 0 Å². The molecule has 1 aromatic carbocycles. The van der Waals surface area contributed by atoms with E-state index in [1.165, 1.54) is 37.8 Å². The van der Waals surface area contributed by atoms with Crippen LogP contribution in [0.1, 0.15) is 36.0 Å². The SMILES string of the molecule is O=C(NCCSC1CCCC1)c1cccc(F)c1.